The molecule has 5 nitrogen and oxygen atoms in total. The van der Waals surface area contributed by atoms with Gasteiger partial charge in [0.1, 0.15) is 11.1 Å². The number of para-hydroxylation sites is 1. The van der Waals surface area contributed by atoms with Crippen LogP contribution in [0.4, 0.5) is 5.69 Å². The van der Waals surface area contributed by atoms with E-state index >= 15 is 0 Å². The van der Waals surface area contributed by atoms with Crippen molar-refractivity contribution in [2.45, 2.75) is 83.7 Å². The molecule has 3 aromatic rings. The summed E-state index contributed by atoms with van der Waals surface area (Å²) in [4.78, 5) is 18.3. The highest BCUT2D eigenvalue weighted by atomic mass is 32.2. The normalized spacial score (nSPS) is 24.2. The first-order valence-corrected chi connectivity index (χ1v) is 15.9. The van der Waals surface area contributed by atoms with E-state index in [-0.39, 0.29) is 17.4 Å². The van der Waals surface area contributed by atoms with E-state index in [1.165, 1.54) is 36.1 Å². The Kier molecular flexibility index (Phi) is 7.35. The summed E-state index contributed by atoms with van der Waals surface area (Å²) in [5.41, 5.74) is 6.23. The molecule has 1 N–H and O–H groups in total. The van der Waals surface area contributed by atoms with E-state index in [1.807, 2.05) is 18.2 Å². The lowest BCUT2D eigenvalue weighted by molar-refractivity contribution is -0.129. The molecule has 2 aromatic heterocycles. The van der Waals surface area contributed by atoms with Crippen LogP contribution in [0, 0.1) is 31.1 Å². The lowest BCUT2D eigenvalue weighted by atomic mass is 9.85. The number of rotatable bonds is 5. The summed E-state index contributed by atoms with van der Waals surface area (Å²) in [5, 5.41) is 14.8. The molecule has 0 bridgehead atoms. The number of amides is 1. The monoisotopic (exact) mass is 556 g/mol. The molecule has 1 aromatic carbocycles. The second-order valence-electron chi connectivity index (χ2n) is 11.2. The molecule has 202 valence electrons. The van der Waals surface area contributed by atoms with Gasteiger partial charge < -0.3 is 14.8 Å². The Morgan fingerprint density at radius 1 is 1.08 bits per heavy atom. The molecule has 1 aliphatic heterocycles. The largest absolute Gasteiger partial charge is 0.356 e. The fraction of sp³-hybridized carbons (Fsp3) is 0.438. The lowest BCUT2D eigenvalue weighted by Gasteiger charge is -2.39. The van der Waals surface area contributed by atoms with Crippen LogP contribution in [0.1, 0.15) is 78.4 Å². The molecule has 39 heavy (non-hydrogen) atoms. The molecule has 1 unspecified atom stereocenters. The van der Waals surface area contributed by atoms with Crippen molar-refractivity contribution >= 4 is 40.8 Å². The third-order valence-electron chi connectivity index (χ3n) is 8.65. The summed E-state index contributed by atoms with van der Waals surface area (Å²) in [6.07, 6.45) is 11.2. The molecule has 2 aliphatic carbocycles. The van der Waals surface area contributed by atoms with E-state index in [9.17, 15) is 10.1 Å². The minimum Gasteiger partial charge on any atom is -0.356 e. The molecule has 3 aliphatic rings. The van der Waals surface area contributed by atoms with Gasteiger partial charge in [-0.1, -0.05) is 49.7 Å². The van der Waals surface area contributed by atoms with Crippen molar-refractivity contribution < 1.29 is 4.79 Å². The van der Waals surface area contributed by atoms with Gasteiger partial charge in [0.2, 0.25) is 0 Å². The number of fused-ring (bicyclic) bond motifs is 1. The third-order valence-corrected chi connectivity index (χ3v) is 11.0. The number of nitrogens with zero attached hydrogens (tertiary/aromatic N) is 3. The molecular formula is C32H36N4OS2. The first-order chi connectivity index (χ1) is 19.0. The van der Waals surface area contributed by atoms with Crippen molar-refractivity contribution in [3.63, 3.8) is 0 Å². The van der Waals surface area contributed by atoms with Gasteiger partial charge in [-0.15, -0.1) is 11.3 Å². The molecule has 0 radical (unpaired) electrons. The highest BCUT2D eigenvalue weighted by Crippen LogP contribution is 2.43. The molecule has 3 heterocycles. The van der Waals surface area contributed by atoms with Crippen LogP contribution in [0.25, 0.3) is 11.1 Å². The average molecular weight is 557 g/mol. The number of aryl methyl sites for hydroxylation is 2. The van der Waals surface area contributed by atoms with Crippen LogP contribution in [-0.2, 0) is 17.6 Å². The number of anilines is 1. The van der Waals surface area contributed by atoms with E-state index in [4.69, 9.17) is 0 Å². The number of hydrogen-bond donors (Lipinski definition) is 1. The van der Waals surface area contributed by atoms with Crippen molar-refractivity contribution in [2.24, 2.45) is 5.92 Å². The van der Waals surface area contributed by atoms with Gasteiger partial charge in [-0.3, -0.25) is 4.79 Å². The maximum absolute atomic E-state index is 14.0. The van der Waals surface area contributed by atoms with Gasteiger partial charge in [0.25, 0.3) is 5.91 Å². The minimum atomic E-state index is -0.130. The number of thioether (sulfide) groups is 1. The Labute approximate surface area is 239 Å². The van der Waals surface area contributed by atoms with E-state index in [2.05, 4.69) is 65.9 Å². The molecule has 1 saturated carbocycles. The number of aromatic nitrogens is 1. The zero-order chi connectivity index (χ0) is 27.1. The first kappa shape index (κ1) is 26.3. The van der Waals surface area contributed by atoms with Crippen LogP contribution in [0.2, 0.25) is 0 Å². The smallest absolute Gasteiger partial charge is 0.262 e. The topological polar surface area (TPSA) is 61.1 Å². The summed E-state index contributed by atoms with van der Waals surface area (Å²) in [7, 11) is 0. The number of carbonyl (C=O) groups is 1. The van der Waals surface area contributed by atoms with Crippen LogP contribution >= 0.6 is 23.1 Å². The fourth-order valence-corrected chi connectivity index (χ4v) is 9.23. The van der Waals surface area contributed by atoms with Crippen LogP contribution in [-0.4, -0.2) is 26.9 Å². The highest BCUT2D eigenvalue weighted by molar-refractivity contribution is 8.05. The summed E-state index contributed by atoms with van der Waals surface area (Å²) >= 11 is 3.40. The van der Waals surface area contributed by atoms with Gasteiger partial charge in [-0.2, -0.15) is 5.26 Å². The molecule has 6 rings (SSSR count). The SMILES string of the molecule is Cc1cc(/C=C2\SC(Nc3ccccc3)N([C@H]3CCCC[C@@H]3C)C2=O)c(C)n1-c1sc2c(c1C#N)CCCC2. The van der Waals surface area contributed by atoms with Crippen LogP contribution in [0.5, 0.6) is 0 Å². The predicted molar refractivity (Wildman–Crippen MR) is 162 cm³/mol. The standard InChI is InChI=1S/C32H36N4OS2/c1-20-11-7-9-15-27(20)36-30(37)29(39-32(36)34-24-12-5-4-6-13-24)18-23-17-21(2)35(22(23)3)31-26(19-33)25-14-8-10-16-28(25)38-31/h4-6,12-13,17-18,20,27,32,34H,7-11,14-16H2,1-3H3/b29-18-/t20-,27-,32?/m0/s1. The molecule has 2 fully saturated rings. The number of hydrogen-bond acceptors (Lipinski definition) is 5. The average Bonchev–Trinajstić information content (AvgIpc) is 3.55. The Bertz CT molecular complexity index is 1460. The number of nitriles is 1. The van der Waals surface area contributed by atoms with Gasteiger partial charge >= 0.3 is 0 Å². The van der Waals surface area contributed by atoms with Crippen molar-refractivity contribution in [2.75, 3.05) is 5.32 Å². The summed E-state index contributed by atoms with van der Waals surface area (Å²) in [5.74, 6) is 0.614. The fourth-order valence-electron chi connectivity index (χ4n) is 6.58. The Morgan fingerprint density at radius 3 is 2.62 bits per heavy atom. The predicted octanol–water partition coefficient (Wildman–Crippen LogP) is 7.80. The lowest BCUT2D eigenvalue weighted by Crippen LogP contribution is -2.48. The third kappa shape index (κ3) is 4.83. The maximum Gasteiger partial charge on any atom is 0.262 e. The second kappa shape index (κ2) is 10.9. The van der Waals surface area contributed by atoms with Crippen LogP contribution < -0.4 is 5.32 Å². The highest BCUT2D eigenvalue weighted by Gasteiger charge is 2.43. The van der Waals surface area contributed by atoms with Crippen molar-refractivity contribution in [3.05, 3.63) is 74.3 Å². The van der Waals surface area contributed by atoms with Crippen molar-refractivity contribution in [1.82, 2.24) is 9.47 Å². The molecule has 0 spiro atoms. The van der Waals surface area contributed by atoms with Gasteiger partial charge in [0.15, 0.2) is 5.50 Å². The molecule has 1 amide bonds. The van der Waals surface area contributed by atoms with Crippen molar-refractivity contribution in [3.8, 4) is 11.1 Å². The van der Waals surface area contributed by atoms with E-state index < -0.39 is 0 Å². The first-order valence-electron chi connectivity index (χ1n) is 14.2. The Hall–Kier alpha value is -2.95. The minimum absolute atomic E-state index is 0.126. The summed E-state index contributed by atoms with van der Waals surface area (Å²) < 4.78 is 2.23. The summed E-state index contributed by atoms with van der Waals surface area (Å²) in [6, 6.07) is 15.1. The van der Waals surface area contributed by atoms with Gasteiger partial charge in [0, 0.05) is 28.0 Å². The van der Waals surface area contributed by atoms with Gasteiger partial charge in [-0.05, 0) is 93.7 Å². The second-order valence-corrected chi connectivity index (χ2v) is 13.4. The molecule has 7 heteroatoms. The van der Waals surface area contributed by atoms with Crippen LogP contribution in [0.15, 0.2) is 41.3 Å². The van der Waals surface area contributed by atoms with Crippen molar-refractivity contribution in [1.29, 1.82) is 5.26 Å². The molecule has 3 atom stereocenters. The number of nitrogens with one attached hydrogen (secondary N) is 1. The zero-order valence-electron chi connectivity index (χ0n) is 23.0. The Morgan fingerprint density at radius 2 is 1.85 bits per heavy atom. The van der Waals surface area contributed by atoms with Gasteiger partial charge in [-0.25, -0.2) is 0 Å². The number of carbonyl (C=O) groups excluding carboxylic acids is 1. The van der Waals surface area contributed by atoms with Crippen LogP contribution in [0.3, 0.4) is 0 Å². The van der Waals surface area contributed by atoms with E-state index in [0.717, 1.165) is 63.8 Å². The van der Waals surface area contributed by atoms with Gasteiger partial charge in [0.05, 0.1) is 10.5 Å². The van der Waals surface area contributed by atoms with E-state index in [1.54, 1.807) is 23.1 Å². The number of thiophene rings is 1. The summed E-state index contributed by atoms with van der Waals surface area (Å²) in [6.45, 7) is 6.52. The maximum atomic E-state index is 14.0. The molecule has 1 saturated heterocycles. The Balaban J connectivity index is 1.36. The number of benzene rings is 1. The zero-order valence-corrected chi connectivity index (χ0v) is 24.6. The quantitative estimate of drug-likeness (QED) is 0.326. The van der Waals surface area contributed by atoms with E-state index in [0.29, 0.717) is 5.92 Å². The molecular weight excluding hydrogens is 521 g/mol.